The fraction of sp³-hybridized carbons (Fsp3) is 0.500. The quantitative estimate of drug-likeness (QED) is 0.336. The predicted molar refractivity (Wildman–Crippen MR) is 75.6 cm³/mol. The van der Waals surface area contributed by atoms with Gasteiger partial charge >= 0.3 is 0 Å². The third kappa shape index (κ3) is 4.36. The van der Waals surface area contributed by atoms with Gasteiger partial charge in [-0.15, -0.1) is 0 Å². The van der Waals surface area contributed by atoms with Crippen LogP contribution in [-0.2, 0) is 19.2 Å². The first-order valence-electron chi connectivity index (χ1n) is 6.79. The van der Waals surface area contributed by atoms with E-state index >= 15 is 0 Å². The highest BCUT2D eigenvalue weighted by molar-refractivity contribution is 6.16. The van der Waals surface area contributed by atoms with E-state index in [9.17, 15) is 19.2 Å². The van der Waals surface area contributed by atoms with Crippen LogP contribution in [0.1, 0.15) is 25.7 Å². The zero-order valence-corrected chi connectivity index (χ0v) is 11.7. The van der Waals surface area contributed by atoms with Crippen molar-refractivity contribution in [3.63, 3.8) is 0 Å². The molecule has 4 N–H and O–H groups in total. The van der Waals surface area contributed by atoms with Gasteiger partial charge in [-0.2, -0.15) is 10.2 Å². The molecule has 10 nitrogen and oxygen atoms in total. The number of carbonyl (C=O) groups is 4. The molecule has 0 bridgehead atoms. The summed E-state index contributed by atoms with van der Waals surface area (Å²) < 4.78 is 0. The van der Waals surface area contributed by atoms with Gasteiger partial charge < -0.3 is 10.6 Å². The van der Waals surface area contributed by atoms with E-state index in [2.05, 4.69) is 31.7 Å². The second-order valence-electron chi connectivity index (χ2n) is 4.83. The maximum atomic E-state index is 11.5. The van der Waals surface area contributed by atoms with Crippen molar-refractivity contribution < 1.29 is 19.2 Å². The molecule has 0 aromatic rings. The van der Waals surface area contributed by atoms with E-state index in [4.69, 9.17) is 0 Å². The lowest BCUT2D eigenvalue weighted by Gasteiger charge is -2.06. The maximum absolute atomic E-state index is 11.5. The Morgan fingerprint density at radius 2 is 1.32 bits per heavy atom. The summed E-state index contributed by atoms with van der Waals surface area (Å²) in [5.41, 5.74) is 4.50. The van der Waals surface area contributed by atoms with E-state index in [-0.39, 0.29) is 11.8 Å². The Bertz CT molecular complexity index is 496. The third-order valence-corrected chi connectivity index (χ3v) is 3.19. The van der Waals surface area contributed by atoms with E-state index in [1.54, 1.807) is 0 Å². The summed E-state index contributed by atoms with van der Waals surface area (Å²) in [6.45, 7) is 0. The monoisotopic (exact) mass is 308 g/mol. The van der Waals surface area contributed by atoms with Gasteiger partial charge in [-0.25, -0.2) is 10.9 Å². The molecular weight excluding hydrogens is 292 g/mol. The van der Waals surface area contributed by atoms with Crippen LogP contribution in [0, 0.1) is 0 Å². The van der Waals surface area contributed by atoms with E-state index in [1.807, 2.05) is 0 Å². The average molecular weight is 308 g/mol. The first kappa shape index (κ1) is 15.6. The van der Waals surface area contributed by atoms with Crippen LogP contribution in [-0.4, -0.2) is 48.1 Å². The van der Waals surface area contributed by atoms with Crippen LogP contribution in [0.3, 0.4) is 0 Å². The van der Waals surface area contributed by atoms with E-state index in [1.165, 1.54) is 12.4 Å². The van der Waals surface area contributed by atoms with Crippen molar-refractivity contribution in [1.82, 2.24) is 21.5 Å². The molecule has 0 radical (unpaired) electrons. The Hall–Kier alpha value is -2.78. The Labute approximate surface area is 125 Å². The van der Waals surface area contributed by atoms with Crippen LogP contribution >= 0.6 is 0 Å². The normalized spacial score (nSPS) is 24.5. The molecule has 2 aliphatic heterocycles. The molecule has 2 atom stereocenters. The second-order valence-corrected chi connectivity index (χ2v) is 4.83. The number of carbonyl (C=O) groups excluding carboxylic acids is 4. The number of nitrogens with one attached hydrogen (secondary N) is 4. The van der Waals surface area contributed by atoms with Crippen molar-refractivity contribution in [2.24, 2.45) is 10.2 Å². The molecule has 2 fully saturated rings. The molecular formula is C12H16N6O4. The van der Waals surface area contributed by atoms with Gasteiger partial charge in [0.1, 0.15) is 12.1 Å². The van der Waals surface area contributed by atoms with Gasteiger partial charge in [-0.3, -0.25) is 19.2 Å². The summed E-state index contributed by atoms with van der Waals surface area (Å²) >= 11 is 0. The van der Waals surface area contributed by atoms with Crippen molar-refractivity contribution in [2.45, 2.75) is 37.8 Å². The van der Waals surface area contributed by atoms with Crippen LogP contribution < -0.4 is 21.5 Å². The van der Waals surface area contributed by atoms with E-state index < -0.39 is 23.9 Å². The standard InChI is InChI=1S/C12H16N6O4/c19-9-3-1-7(15-9)11(21)17-13-5-6-14-18-12(22)8-2-4-10(20)16-8/h5-8H,1-4H2,(H,15,19)(H,16,20)(H,17,21)(H,18,22)/b13-5+,14-6+/t7-,8-/m0/s1. The van der Waals surface area contributed by atoms with Gasteiger partial charge in [0, 0.05) is 12.8 Å². The number of hydrogen-bond acceptors (Lipinski definition) is 6. The summed E-state index contributed by atoms with van der Waals surface area (Å²) in [7, 11) is 0. The van der Waals surface area contributed by atoms with Crippen molar-refractivity contribution in [3.8, 4) is 0 Å². The minimum absolute atomic E-state index is 0.160. The van der Waals surface area contributed by atoms with Crippen LogP contribution in [0.2, 0.25) is 0 Å². The number of hydrazone groups is 2. The average Bonchev–Trinajstić information content (AvgIpc) is 3.11. The molecule has 22 heavy (non-hydrogen) atoms. The zero-order valence-electron chi connectivity index (χ0n) is 11.7. The predicted octanol–water partition coefficient (Wildman–Crippen LogP) is -2.25. The molecule has 0 aromatic heterocycles. The van der Waals surface area contributed by atoms with E-state index in [0.717, 1.165) is 0 Å². The minimum atomic E-state index is -0.563. The van der Waals surface area contributed by atoms with Crippen LogP contribution in [0.5, 0.6) is 0 Å². The Morgan fingerprint density at radius 3 is 1.64 bits per heavy atom. The molecule has 2 saturated heterocycles. The van der Waals surface area contributed by atoms with Crippen molar-refractivity contribution in [1.29, 1.82) is 0 Å². The highest BCUT2D eigenvalue weighted by Gasteiger charge is 2.27. The lowest BCUT2D eigenvalue weighted by molar-refractivity contribution is -0.125. The third-order valence-electron chi connectivity index (χ3n) is 3.19. The van der Waals surface area contributed by atoms with Crippen LogP contribution in [0.4, 0.5) is 0 Å². The summed E-state index contributed by atoms with van der Waals surface area (Å²) in [4.78, 5) is 45.0. The molecule has 0 spiro atoms. The topological polar surface area (TPSA) is 141 Å². The number of nitrogens with zero attached hydrogens (tertiary/aromatic N) is 2. The lowest BCUT2D eigenvalue weighted by atomic mass is 10.2. The van der Waals surface area contributed by atoms with Gasteiger partial charge in [0.15, 0.2) is 0 Å². The molecule has 2 aliphatic rings. The maximum Gasteiger partial charge on any atom is 0.262 e. The first-order valence-corrected chi connectivity index (χ1v) is 6.79. The van der Waals surface area contributed by atoms with Gasteiger partial charge in [0.2, 0.25) is 11.8 Å². The Balaban J connectivity index is 1.64. The molecule has 2 heterocycles. The highest BCUT2D eigenvalue weighted by Crippen LogP contribution is 2.06. The lowest BCUT2D eigenvalue weighted by Crippen LogP contribution is -2.39. The molecule has 118 valence electrons. The molecule has 0 saturated carbocycles. The van der Waals surface area contributed by atoms with Crippen molar-refractivity contribution in [2.75, 3.05) is 0 Å². The molecule has 2 rings (SSSR count). The fourth-order valence-corrected chi connectivity index (χ4v) is 2.05. The molecule has 0 aromatic carbocycles. The Morgan fingerprint density at radius 1 is 0.909 bits per heavy atom. The number of amides is 4. The highest BCUT2D eigenvalue weighted by atomic mass is 16.2. The van der Waals surface area contributed by atoms with Crippen molar-refractivity contribution >= 4 is 36.1 Å². The molecule has 0 unspecified atom stereocenters. The van der Waals surface area contributed by atoms with Gasteiger partial charge in [0.25, 0.3) is 11.8 Å². The zero-order chi connectivity index (χ0) is 15.9. The summed E-state index contributed by atoms with van der Waals surface area (Å²) in [5.74, 6) is -1.14. The largest absolute Gasteiger partial charge is 0.344 e. The van der Waals surface area contributed by atoms with Gasteiger partial charge in [-0.05, 0) is 12.8 Å². The SMILES string of the molecule is O=C1CC[C@@H](C(=O)N/N=C/C=N/NC(=O)[C@@H]2CCC(=O)N2)N1. The summed E-state index contributed by atoms with van der Waals surface area (Å²) in [6, 6.07) is -1.13. The fourth-order valence-electron chi connectivity index (χ4n) is 2.05. The molecule has 10 heteroatoms. The van der Waals surface area contributed by atoms with Gasteiger partial charge in [-0.1, -0.05) is 0 Å². The smallest absolute Gasteiger partial charge is 0.262 e. The molecule has 4 amide bonds. The number of rotatable bonds is 5. The Kier molecular flexibility index (Phi) is 5.17. The second kappa shape index (κ2) is 7.29. The summed E-state index contributed by atoms with van der Waals surface area (Å²) in [6.07, 6.45) is 3.90. The van der Waals surface area contributed by atoms with Crippen LogP contribution in [0.15, 0.2) is 10.2 Å². The van der Waals surface area contributed by atoms with E-state index in [0.29, 0.717) is 25.7 Å². The minimum Gasteiger partial charge on any atom is -0.344 e. The van der Waals surface area contributed by atoms with Crippen molar-refractivity contribution in [3.05, 3.63) is 0 Å². The van der Waals surface area contributed by atoms with Gasteiger partial charge in [0.05, 0.1) is 12.4 Å². The summed E-state index contributed by atoms with van der Waals surface area (Å²) in [5, 5.41) is 12.2. The first-order chi connectivity index (χ1) is 10.6. The molecule has 0 aliphatic carbocycles. The number of hydrogen-bond donors (Lipinski definition) is 4. The van der Waals surface area contributed by atoms with Crippen LogP contribution in [0.25, 0.3) is 0 Å².